The summed E-state index contributed by atoms with van der Waals surface area (Å²) in [4.78, 5) is 34.1. The summed E-state index contributed by atoms with van der Waals surface area (Å²) in [5, 5.41) is 12.0. The van der Waals surface area contributed by atoms with Gasteiger partial charge < -0.3 is 14.7 Å². The lowest BCUT2D eigenvalue weighted by Crippen LogP contribution is -2.19. The summed E-state index contributed by atoms with van der Waals surface area (Å²) in [6.45, 7) is 1.82. The van der Waals surface area contributed by atoms with E-state index in [-0.39, 0.29) is 6.61 Å². The topological polar surface area (TPSA) is 105 Å². The molecule has 0 spiro atoms. The van der Waals surface area contributed by atoms with E-state index in [0.29, 0.717) is 29.3 Å². The molecule has 1 aromatic heterocycles. The van der Waals surface area contributed by atoms with Crippen LogP contribution in [-0.2, 0) is 22.6 Å². The van der Waals surface area contributed by atoms with Crippen LogP contribution in [0.5, 0.6) is 0 Å². The van der Waals surface area contributed by atoms with Crippen molar-refractivity contribution in [3.8, 4) is 0 Å². The standard InChI is InChI=1S/C24H26N4O4/c1-16(23(29)30)20-14-25-21(27-22(20)28(2)3)13-17-9-11-19(12-10-17)26-24(31)32-15-18-7-5-4-6-8-18/h4-12,14,16H,13,15H2,1-3H3,(H,26,31)(H,29,30). The molecule has 0 aliphatic heterocycles. The molecule has 0 radical (unpaired) electrons. The number of benzene rings is 2. The second-order valence-corrected chi connectivity index (χ2v) is 7.58. The summed E-state index contributed by atoms with van der Waals surface area (Å²) in [5.41, 5.74) is 3.06. The number of carboxylic acid groups (broad SMARTS) is 1. The molecular formula is C24H26N4O4. The average Bonchev–Trinajstić information content (AvgIpc) is 2.79. The molecule has 1 unspecified atom stereocenters. The molecule has 3 aromatic rings. The second-order valence-electron chi connectivity index (χ2n) is 7.58. The van der Waals surface area contributed by atoms with Gasteiger partial charge in [0.05, 0.1) is 5.92 Å². The third-order valence-corrected chi connectivity index (χ3v) is 4.88. The van der Waals surface area contributed by atoms with E-state index in [9.17, 15) is 14.7 Å². The van der Waals surface area contributed by atoms with Crippen molar-refractivity contribution in [1.82, 2.24) is 9.97 Å². The van der Waals surface area contributed by atoms with Crippen LogP contribution < -0.4 is 10.2 Å². The van der Waals surface area contributed by atoms with E-state index in [1.165, 1.54) is 0 Å². The van der Waals surface area contributed by atoms with Crippen LogP contribution in [0.4, 0.5) is 16.3 Å². The first-order valence-electron chi connectivity index (χ1n) is 10.2. The van der Waals surface area contributed by atoms with Crippen LogP contribution in [0.3, 0.4) is 0 Å². The monoisotopic (exact) mass is 434 g/mol. The molecule has 0 saturated carbocycles. The Bertz CT molecular complexity index is 1070. The maximum absolute atomic E-state index is 12.0. The van der Waals surface area contributed by atoms with E-state index in [2.05, 4.69) is 15.3 Å². The van der Waals surface area contributed by atoms with Crippen molar-refractivity contribution in [3.63, 3.8) is 0 Å². The number of carbonyl (C=O) groups is 2. The van der Waals surface area contributed by atoms with Crippen molar-refractivity contribution in [1.29, 1.82) is 0 Å². The van der Waals surface area contributed by atoms with Crippen LogP contribution in [0.25, 0.3) is 0 Å². The molecule has 8 nitrogen and oxygen atoms in total. The van der Waals surface area contributed by atoms with Gasteiger partial charge in [0.2, 0.25) is 0 Å². The molecular weight excluding hydrogens is 408 g/mol. The summed E-state index contributed by atoms with van der Waals surface area (Å²) in [6.07, 6.45) is 1.53. The number of carbonyl (C=O) groups excluding carboxylic acids is 1. The molecule has 0 aliphatic rings. The van der Waals surface area contributed by atoms with Crippen molar-refractivity contribution in [2.24, 2.45) is 0 Å². The summed E-state index contributed by atoms with van der Waals surface area (Å²) in [5.74, 6) is -0.453. The highest BCUT2D eigenvalue weighted by molar-refractivity contribution is 5.84. The lowest BCUT2D eigenvalue weighted by Gasteiger charge is -2.19. The zero-order valence-electron chi connectivity index (χ0n) is 18.3. The van der Waals surface area contributed by atoms with Gasteiger partial charge in [-0.05, 0) is 30.2 Å². The van der Waals surface area contributed by atoms with E-state index in [4.69, 9.17) is 4.74 Å². The minimum Gasteiger partial charge on any atom is -0.481 e. The number of hydrogen-bond donors (Lipinski definition) is 2. The third kappa shape index (κ3) is 6.04. The van der Waals surface area contributed by atoms with Gasteiger partial charge in [0, 0.05) is 38.0 Å². The summed E-state index contributed by atoms with van der Waals surface area (Å²) in [6, 6.07) is 16.8. The van der Waals surface area contributed by atoms with E-state index >= 15 is 0 Å². The molecule has 166 valence electrons. The van der Waals surface area contributed by atoms with Gasteiger partial charge in [-0.15, -0.1) is 0 Å². The van der Waals surface area contributed by atoms with E-state index in [1.807, 2.05) is 56.6 Å². The number of ether oxygens (including phenoxy) is 1. The zero-order chi connectivity index (χ0) is 23.1. The van der Waals surface area contributed by atoms with Crippen molar-refractivity contribution in [2.45, 2.75) is 25.9 Å². The molecule has 1 heterocycles. The predicted octanol–water partition coefficient (Wildman–Crippen LogP) is 4.07. The van der Waals surface area contributed by atoms with Gasteiger partial charge in [-0.25, -0.2) is 14.8 Å². The van der Waals surface area contributed by atoms with Crippen LogP contribution in [-0.4, -0.2) is 41.2 Å². The Balaban J connectivity index is 1.62. The quantitative estimate of drug-likeness (QED) is 0.551. The van der Waals surface area contributed by atoms with Crippen molar-refractivity contribution < 1.29 is 19.4 Å². The number of rotatable bonds is 8. The van der Waals surface area contributed by atoms with E-state index in [0.717, 1.165) is 11.1 Å². The fraction of sp³-hybridized carbons (Fsp3) is 0.250. The zero-order valence-corrected chi connectivity index (χ0v) is 18.3. The molecule has 1 amide bonds. The Morgan fingerprint density at radius 1 is 1.06 bits per heavy atom. The van der Waals surface area contributed by atoms with Crippen LogP contribution in [0.1, 0.15) is 35.4 Å². The van der Waals surface area contributed by atoms with Crippen LogP contribution in [0, 0.1) is 0 Å². The molecule has 2 aromatic carbocycles. The van der Waals surface area contributed by atoms with Gasteiger partial charge in [-0.1, -0.05) is 42.5 Å². The van der Waals surface area contributed by atoms with Gasteiger partial charge in [-0.3, -0.25) is 10.1 Å². The number of nitrogens with zero attached hydrogens (tertiary/aromatic N) is 3. The lowest BCUT2D eigenvalue weighted by molar-refractivity contribution is -0.138. The summed E-state index contributed by atoms with van der Waals surface area (Å²) >= 11 is 0. The van der Waals surface area contributed by atoms with Gasteiger partial charge in [0.25, 0.3) is 0 Å². The molecule has 0 aliphatic carbocycles. The maximum Gasteiger partial charge on any atom is 0.411 e. The minimum atomic E-state index is -0.921. The molecule has 0 bridgehead atoms. The first kappa shape index (κ1) is 22.7. The summed E-state index contributed by atoms with van der Waals surface area (Å²) in [7, 11) is 3.64. The van der Waals surface area contributed by atoms with Gasteiger partial charge in [-0.2, -0.15) is 0 Å². The number of aliphatic carboxylic acids is 1. The number of hydrogen-bond acceptors (Lipinski definition) is 6. The fourth-order valence-electron chi connectivity index (χ4n) is 3.06. The highest BCUT2D eigenvalue weighted by Crippen LogP contribution is 2.25. The highest BCUT2D eigenvalue weighted by Gasteiger charge is 2.21. The van der Waals surface area contributed by atoms with Crippen LogP contribution in [0.15, 0.2) is 60.8 Å². The predicted molar refractivity (Wildman–Crippen MR) is 122 cm³/mol. The van der Waals surface area contributed by atoms with Crippen molar-refractivity contribution in [3.05, 3.63) is 83.3 Å². The lowest BCUT2D eigenvalue weighted by atomic mass is 10.0. The normalized spacial score (nSPS) is 11.5. The number of amides is 1. The fourth-order valence-corrected chi connectivity index (χ4v) is 3.06. The molecule has 0 saturated heterocycles. The van der Waals surface area contributed by atoms with E-state index < -0.39 is 18.0 Å². The number of aromatic nitrogens is 2. The Kier molecular flexibility index (Phi) is 7.38. The van der Waals surface area contributed by atoms with Crippen molar-refractivity contribution in [2.75, 3.05) is 24.3 Å². The Hall–Kier alpha value is -3.94. The number of carboxylic acids is 1. The first-order valence-corrected chi connectivity index (χ1v) is 10.2. The molecule has 1 atom stereocenters. The smallest absolute Gasteiger partial charge is 0.411 e. The average molecular weight is 434 g/mol. The molecule has 3 rings (SSSR count). The molecule has 32 heavy (non-hydrogen) atoms. The largest absolute Gasteiger partial charge is 0.481 e. The SMILES string of the molecule is CC(C(=O)O)c1cnc(Cc2ccc(NC(=O)OCc3ccccc3)cc2)nc1N(C)C. The van der Waals surface area contributed by atoms with Crippen LogP contribution in [0.2, 0.25) is 0 Å². The third-order valence-electron chi connectivity index (χ3n) is 4.88. The second kappa shape index (κ2) is 10.4. The first-order chi connectivity index (χ1) is 15.3. The van der Waals surface area contributed by atoms with E-state index in [1.54, 1.807) is 30.2 Å². The van der Waals surface area contributed by atoms with Crippen LogP contribution >= 0.6 is 0 Å². The van der Waals surface area contributed by atoms with Gasteiger partial charge in [0.15, 0.2) is 0 Å². The molecule has 0 fully saturated rings. The highest BCUT2D eigenvalue weighted by atomic mass is 16.5. The van der Waals surface area contributed by atoms with Crippen molar-refractivity contribution >= 4 is 23.6 Å². The number of nitrogens with one attached hydrogen (secondary N) is 1. The maximum atomic E-state index is 12.0. The molecule has 2 N–H and O–H groups in total. The number of anilines is 2. The van der Waals surface area contributed by atoms with Gasteiger partial charge in [0.1, 0.15) is 18.2 Å². The molecule has 8 heteroatoms. The minimum absolute atomic E-state index is 0.201. The Morgan fingerprint density at radius 3 is 2.38 bits per heavy atom. The summed E-state index contributed by atoms with van der Waals surface area (Å²) < 4.78 is 5.22. The van der Waals surface area contributed by atoms with Gasteiger partial charge >= 0.3 is 12.1 Å². The Morgan fingerprint density at radius 2 is 1.75 bits per heavy atom. The Labute approximate surface area is 186 Å².